The van der Waals surface area contributed by atoms with Crippen LogP contribution in [0.25, 0.3) is 11.0 Å². The maximum absolute atomic E-state index is 4.29. The molecule has 23 heavy (non-hydrogen) atoms. The monoisotopic (exact) mass is 315 g/mol. The molecule has 0 N–H and O–H groups in total. The molecule has 1 heterocycles. The Morgan fingerprint density at radius 1 is 0.870 bits per heavy atom. The maximum atomic E-state index is 4.29. The van der Waals surface area contributed by atoms with Crippen LogP contribution in [0.2, 0.25) is 0 Å². The fourth-order valence-corrected chi connectivity index (χ4v) is 3.39. The van der Waals surface area contributed by atoms with E-state index in [9.17, 15) is 0 Å². The highest BCUT2D eigenvalue weighted by molar-refractivity contribution is 5.73. The Kier molecular flexibility index (Phi) is 8.13. The lowest BCUT2D eigenvalue weighted by Crippen LogP contribution is -2.04. The van der Waals surface area contributed by atoms with Crippen LogP contribution in [-0.4, -0.2) is 15.0 Å². The number of fused-ring (bicyclic) bond motifs is 1. The van der Waals surface area contributed by atoms with Gasteiger partial charge in [-0.15, -0.1) is 5.10 Å². The predicted octanol–water partition coefficient (Wildman–Crippen LogP) is 5.99. The van der Waals surface area contributed by atoms with E-state index in [-0.39, 0.29) is 0 Å². The maximum Gasteiger partial charge on any atom is 0.113 e. The first-order valence-corrected chi connectivity index (χ1v) is 9.63. The van der Waals surface area contributed by atoms with Crippen LogP contribution in [0.3, 0.4) is 0 Å². The van der Waals surface area contributed by atoms with E-state index in [4.69, 9.17) is 0 Å². The molecule has 1 aromatic heterocycles. The van der Waals surface area contributed by atoms with Crippen molar-refractivity contribution in [1.82, 2.24) is 15.0 Å². The fourth-order valence-electron chi connectivity index (χ4n) is 3.39. The lowest BCUT2D eigenvalue weighted by atomic mass is 9.91. The normalized spacial score (nSPS) is 12.8. The van der Waals surface area contributed by atoms with E-state index in [1.54, 1.807) is 0 Å². The van der Waals surface area contributed by atoms with Crippen molar-refractivity contribution in [2.45, 2.75) is 84.6 Å². The van der Waals surface area contributed by atoms with Crippen LogP contribution >= 0.6 is 0 Å². The van der Waals surface area contributed by atoms with Gasteiger partial charge in [-0.25, -0.2) is 4.68 Å². The average molecular weight is 316 g/mol. The zero-order chi connectivity index (χ0) is 16.3. The van der Waals surface area contributed by atoms with Crippen molar-refractivity contribution >= 4 is 11.0 Å². The first-order valence-electron chi connectivity index (χ1n) is 9.63. The topological polar surface area (TPSA) is 30.7 Å². The van der Waals surface area contributed by atoms with E-state index >= 15 is 0 Å². The van der Waals surface area contributed by atoms with E-state index in [1.165, 1.54) is 64.2 Å². The van der Waals surface area contributed by atoms with Crippen LogP contribution in [0, 0.1) is 5.92 Å². The van der Waals surface area contributed by atoms with Crippen LogP contribution < -0.4 is 0 Å². The van der Waals surface area contributed by atoms with Crippen molar-refractivity contribution in [3.05, 3.63) is 24.3 Å². The van der Waals surface area contributed by atoms with Crippen LogP contribution in [0.5, 0.6) is 0 Å². The van der Waals surface area contributed by atoms with Gasteiger partial charge in [0.2, 0.25) is 0 Å². The van der Waals surface area contributed by atoms with Crippen LogP contribution in [0.15, 0.2) is 24.3 Å². The van der Waals surface area contributed by atoms with Crippen molar-refractivity contribution in [2.24, 2.45) is 5.92 Å². The molecule has 1 aromatic carbocycles. The van der Waals surface area contributed by atoms with Gasteiger partial charge in [-0.2, -0.15) is 0 Å². The summed E-state index contributed by atoms with van der Waals surface area (Å²) in [5, 5.41) is 8.52. The molecule has 3 heteroatoms. The highest BCUT2D eigenvalue weighted by atomic mass is 15.4. The lowest BCUT2D eigenvalue weighted by molar-refractivity contribution is 0.370. The highest BCUT2D eigenvalue weighted by Crippen LogP contribution is 2.23. The Bertz CT molecular complexity index is 547. The summed E-state index contributed by atoms with van der Waals surface area (Å²) < 4.78 is 2.06. The first kappa shape index (κ1) is 18.0. The predicted molar refractivity (Wildman–Crippen MR) is 98.5 cm³/mol. The minimum Gasteiger partial charge on any atom is -0.245 e. The van der Waals surface area contributed by atoms with Crippen LogP contribution in [0.4, 0.5) is 0 Å². The van der Waals surface area contributed by atoms with Gasteiger partial charge in [-0.3, -0.25) is 0 Å². The molecule has 3 nitrogen and oxygen atoms in total. The molecule has 0 amide bonds. The Morgan fingerprint density at radius 3 is 2.35 bits per heavy atom. The van der Waals surface area contributed by atoms with Gasteiger partial charge >= 0.3 is 0 Å². The van der Waals surface area contributed by atoms with Gasteiger partial charge < -0.3 is 0 Å². The Balaban J connectivity index is 1.73. The second kappa shape index (κ2) is 10.4. The Hall–Kier alpha value is -1.38. The van der Waals surface area contributed by atoms with Gasteiger partial charge in [0.1, 0.15) is 5.52 Å². The zero-order valence-electron chi connectivity index (χ0n) is 15.0. The largest absolute Gasteiger partial charge is 0.245 e. The summed E-state index contributed by atoms with van der Waals surface area (Å²) in [7, 11) is 0. The fraction of sp³-hybridized carbons (Fsp3) is 0.700. The van der Waals surface area contributed by atoms with Gasteiger partial charge in [0.05, 0.1) is 5.52 Å². The molecule has 0 saturated carbocycles. The third kappa shape index (κ3) is 5.96. The van der Waals surface area contributed by atoms with Crippen molar-refractivity contribution in [3.8, 4) is 0 Å². The van der Waals surface area contributed by atoms with Gasteiger partial charge in [0.15, 0.2) is 0 Å². The molecule has 0 bridgehead atoms. The smallest absolute Gasteiger partial charge is 0.113 e. The Morgan fingerprint density at radius 2 is 1.57 bits per heavy atom. The minimum absolute atomic E-state index is 0.939. The van der Waals surface area contributed by atoms with Crippen LogP contribution in [0.1, 0.15) is 78.1 Å². The summed E-state index contributed by atoms with van der Waals surface area (Å²) in [5.41, 5.74) is 2.17. The van der Waals surface area contributed by atoms with E-state index in [0.29, 0.717) is 0 Å². The average Bonchev–Trinajstić information content (AvgIpc) is 2.99. The van der Waals surface area contributed by atoms with E-state index < -0.39 is 0 Å². The second-order valence-corrected chi connectivity index (χ2v) is 6.80. The number of hydrogen-bond acceptors (Lipinski definition) is 2. The number of nitrogens with zero attached hydrogens (tertiary/aromatic N) is 3. The quantitative estimate of drug-likeness (QED) is 0.450. The summed E-state index contributed by atoms with van der Waals surface area (Å²) in [4.78, 5) is 0. The number of rotatable bonds is 12. The molecule has 0 aliphatic rings. The van der Waals surface area contributed by atoms with Gasteiger partial charge in [-0.05, 0) is 24.5 Å². The summed E-state index contributed by atoms with van der Waals surface area (Å²) >= 11 is 0. The number of unbranched alkanes of at least 4 members (excludes halogenated alkanes) is 4. The molecule has 0 radical (unpaired) electrons. The second-order valence-electron chi connectivity index (χ2n) is 6.80. The number of benzene rings is 1. The highest BCUT2D eigenvalue weighted by Gasteiger charge is 2.09. The SMILES string of the molecule is CCCCCC(CCCC)CCCCn1nnc2ccccc21. The molecule has 0 saturated heterocycles. The number of para-hydroxylation sites is 1. The third-order valence-electron chi connectivity index (χ3n) is 4.83. The summed E-state index contributed by atoms with van der Waals surface area (Å²) in [6.45, 7) is 5.60. The van der Waals surface area contributed by atoms with Crippen molar-refractivity contribution in [3.63, 3.8) is 0 Å². The van der Waals surface area contributed by atoms with E-state index in [2.05, 4.69) is 41.0 Å². The zero-order valence-corrected chi connectivity index (χ0v) is 15.0. The van der Waals surface area contributed by atoms with Crippen molar-refractivity contribution in [1.29, 1.82) is 0 Å². The molecule has 0 aliphatic heterocycles. The standard InChI is InChI=1S/C20H33N3/c1-3-5-7-13-18(12-6-4-2)14-10-11-17-23-20-16-9-8-15-19(20)21-22-23/h8-9,15-16,18H,3-7,10-14,17H2,1-2H3. The number of aryl methyl sites for hydroxylation is 1. The molecule has 128 valence electrons. The molecule has 2 rings (SSSR count). The third-order valence-corrected chi connectivity index (χ3v) is 4.83. The Labute approximate surface area is 141 Å². The molecule has 0 spiro atoms. The van der Waals surface area contributed by atoms with Gasteiger partial charge in [0, 0.05) is 6.54 Å². The molecular formula is C20H33N3. The first-order chi connectivity index (χ1) is 11.3. The molecular weight excluding hydrogens is 282 g/mol. The van der Waals surface area contributed by atoms with E-state index in [0.717, 1.165) is 23.5 Å². The summed E-state index contributed by atoms with van der Waals surface area (Å²) in [6.07, 6.45) is 13.6. The number of hydrogen-bond donors (Lipinski definition) is 0. The van der Waals surface area contributed by atoms with E-state index in [1.807, 2.05) is 12.1 Å². The molecule has 0 aliphatic carbocycles. The van der Waals surface area contributed by atoms with Crippen molar-refractivity contribution < 1.29 is 0 Å². The molecule has 1 unspecified atom stereocenters. The van der Waals surface area contributed by atoms with Crippen molar-refractivity contribution in [2.75, 3.05) is 0 Å². The van der Waals surface area contributed by atoms with Gasteiger partial charge in [-0.1, -0.05) is 89.0 Å². The van der Waals surface area contributed by atoms with Gasteiger partial charge in [0.25, 0.3) is 0 Å². The molecule has 2 aromatic rings. The minimum atomic E-state index is 0.939. The summed E-state index contributed by atoms with van der Waals surface area (Å²) in [5.74, 6) is 0.939. The summed E-state index contributed by atoms with van der Waals surface area (Å²) in [6, 6.07) is 8.24. The molecule has 1 atom stereocenters. The lowest BCUT2D eigenvalue weighted by Gasteiger charge is -2.16. The van der Waals surface area contributed by atoms with Crippen LogP contribution in [-0.2, 0) is 6.54 Å². The molecule has 0 fully saturated rings. The number of aromatic nitrogens is 3.